The third-order valence-electron chi connectivity index (χ3n) is 4.14. The summed E-state index contributed by atoms with van der Waals surface area (Å²) in [5.74, 6) is -2.12. The molecule has 2 heterocycles. The molecule has 0 fully saturated rings. The highest BCUT2D eigenvalue weighted by Gasteiger charge is 2.39. The van der Waals surface area contributed by atoms with Gasteiger partial charge in [-0.15, -0.1) is 0 Å². The second-order valence-electron chi connectivity index (χ2n) is 6.07. The standard InChI is InChI=1S/C20H19N3O4/c1-3-27-20(26)16-11-14(9-10-21-16)12-17(24)18-13(2)22-23(19(18)25)15-7-5-4-6-8-15/h4-11,18H,3,12H2,1-2H3. The number of hydrazone groups is 1. The van der Waals surface area contributed by atoms with Crippen molar-refractivity contribution in [3.63, 3.8) is 0 Å². The molecule has 0 saturated carbocycles. The van der Waals surface area contributed by atoms with Crippen LogP contribution in [0.1, 0.15) is 29.9 Å². The predicted molar refractivity (Wildman–Crippen MR) is 99.4 cm³/mol. The average molecular weight is 365 g/mol. The van der Waals surface area contributed by atoms with E-state index in [1.165, 1.54) is 17.3 Å². The molecule has 1 amide bonds. The van der Waals surface area contributed by atoms with E-state index >= 15 is 0 Å². The van der Waals surface area contributed by atoms with E-state index in [9.17, 15) is 14.4 Å². The molecule has 138 valence electrons. The number of ketones is 1. The number of carbonyl (C=O) groups is 3. The number of hydrogen-bond acceptors (Lipinski definition) is 6. The van der Waals surface area contributed by atoms with Gasteiger partial charge < -0.3 is 4.74 Å². The van der Waals surface area contributed by atoms with Crippen LogP contribution in [0.15, 0.2) is 53.8 Å². The topological polar surface area (TPSA) is 88.9 Å². The van der Waals surface area contributed by atoms with Crippen LogP contribution in [0.2, 0.25) is 0 Å². The largest absolute Gasteiger partial charge is 0.461 e. The molecule has 7 nitrogen and oxygen atoms in total. The number of aromatic nitrogens is 1. The lowest BCUT2D eigenvalue weighted by atomic mass is 9.94. The number of esters is 1. The minimum atomic E-state index is -0.926. The molecule has 2 aromatic rings. The smallest absolute Gasteiger partial charge is 0.356 e. The van der Waals surface area contributed by atoms with E-state index in [2.05, 4.69) is 10.1 Å². The first-order valence-electron chi connectivity index (χ1n) is 8.60. The van der Waals surface area contributed by atoms with E-state index < -0.39 is 11.9 Å². The number of Topliss-reactive ketones (excluding diaryl/α,β-unsaturated/α-hetero) is 1. The Balaban J connectivity index is 1.75. The third kappa shape index (κ3) is 3.92. The third-order valence-corrected chi connectivity index (χ3v) is 4.14. The Kier molecular flexibility index (Phi) is 5.40. The van der Waals surface area contributed by atoms with Crippen LogP contribution in [-0.4, -0.2) is 35.0 Å². The summed E-state index contributed by atoms with van der Waals surface area (Å²) in [6.45, 7) is 3.61. The van der Waals surface area contributed by atoms with Crippen molar-refractivity contribution in [2.75, 3.05) is 11.6 Å². The molecule has 0 aliphatic carbocycles. The van der Waals surface area contributed by atoms with Crippen LogP contribution in [0.3, 0.4) is 0 Å². The lowest BCUT2D eigenvalue weighted by molar-refractivity contribution is -0.128. The molecule has 1 unspecified atom stereocenters. The molecule has 27 heavy (non-hydrogen) atoms. The summed E-state index contributed by atoms with van der Waals surface area (Å²) in [7, 11) is 0. The normalized spacial score (nSPS) is 16.2. The fourth-order valence-corrected chi connectivity index (χ4v) is 2.89. The van der Waals surface area contributed by atoms with Crippen molar-refractivity contribution in [3.8, 4) is 0 Å². The first kappa shape index (κ1) is 18.4. The molecule has 1 aromatic heterocycles. The van der Waals surface area contributed by atoms with Gasteiger partial charge in [-0.1, -0.05) is 18.2 Å². The number of rotatable bonds is 6. The van der Waals surface area contributed by atoms with Gasteiger partial charge >= 0.3 is 5.97 Å². The van der Waals surface area contributed by atoms with Gasteiger partial charge in [-0.2, -0.15) is 10.1 Å². The maximum Gasteiger partial charge on any atom is 0.356 e. The molecular weight excluding hydrogens is 346 g/mol. The Morgan fingerprint density at radius 2 is 1.93 bits per heavy atom. The zero-order chi connectivity index (χ0) is 19.4. The zero-order valence-corrected chi connectivity index (χ0v) is 15.1. The maximum atomic E-state index is 12.8. The number of ether oxygens (including phenoxy) is 1. The first-order valence-corrected chi connectivity index (χ1v) is 8.60. The molecular formula is C20H19N3O4. The minimum absolute atomic E-state index is 0.000815. The molecule has 1 aliphatic rings. The summed E-state index contributed by atoms with van der Waals surface area (Å²) in [6.07, 6.45) is 1.45. The quantitative estimate of drug-likeness (QED) is 0.579. The van der Waals surface area contributed by atoms with Gasteiger partial charge in [0.15, 0.2) is 5.78 Å². The number of anilines is 1. The summed E-state index contributed by atoms with van der Waals surface area (Å²) in [4.78, 5) is 41.2. The monoisotopic (exact) mass is 365 g/mol. The van der Waals surface area contributed by atoms with Crippen LogP contribution in [0, 0.1) is 5.92 Å². The molecule has 0 bridgehead atoms. The van der Waals surface area contributed by atoms with E-state index in [1.54, 1.807) is 44.2 Å². The van der Waals surface area contributed by atoms with Gasteiger partial charge in [0, 0.05) is 12.6 Å². The van der Waals surface area contributed by atoms with Gasteiger partial charge in [0.2, 0.25) is 0 Å². The van der Waals surface area contributed by atoms with E-state index in [-0.39, 0.29) is 30.4 Å². The SMILES string of the molecule is CCOC(=O)c1cc(CC(=O)C2C(=O)N(c3ccccc3)N=C2C)ccn1. The molecule has 0 radical (unpaired) electrons. The number of hydrogen-bond donors (Lipinski definition) is 0. The van der Waals surface area contributed by atoms with Gasteiger partial charge in [0.1, 0.15) is 11.6 Å². The number of amides is 1. The predicted octanol–water partition coefficient (Wildman–Crippen LogP) is 2.41. The van der Waals surface area contributed by atoms with Gasteiger partial charge in [-0.05, 0) is 43.7 Å². The van der Waals surface area contributed by atoms with Crippen molar-refractivity contribution in [1.29, 1.82) is 0 Å². The Morgan fingerprint density at radius 1 is 1.19 bits per heavy atom. The Hall–Kier alpha value is -3.35. The number of benzene rings is 1. The van der Waals surface area contributed by atoms with Crippen LogP contribution >= 0.6 is 0 Å². The molecule has 1 atom stereocenters. The Bertz CT molecular complexity index is 908. The summed E-state index contributed by atoms with van der Waals surface area (Å²) in [5.41, 5.74) is 1.80. The van der Waals surface area contributed by atoms with Gasteiger partial charge in [0.05, 0.1) is 18.0 Å². The molecule has 3 rings (SSSR count). The van der Waals surface area contributed by atoms with Crippen LogP contribution in [0.5, 0.6) is 0 Å². The van der Waals surface area contributed by atoms with E-state index in [0.717, 1.165) is 0 Å². The molecule has 0 N–H and O–H groups in total. The zero-order valence-electron chi connectivity index (χ0n) is 15.1. The lowest BCUT2D eigenvalue weighted by Crippen LogP contribution is -2.33. The van der Waals surface area contributed by atoms with Gasteiger partial charge in [0.25, 0.3) is 5.91 Å². The second-order valence-corrected chi connectivity index (χ2v) is 6.07. The summed E-state index contributed by atoms with van der Waals surface area (Å²) in [6, 6.07) is 12.1. The fourth-order valence-electron chi connectivity index (χ4n) is 2.89. The van der Waals surface area contributed by atoms with Crippen LogP contribution < -0.4 is 5.01 Å². The number of pyridine rings is 1. The highest BCUT2D eigenvalue weighted by atomic mass is 16.5. The second kappa shape index (κ2) is 7.90. The molecule has 0 saturated heterocycles. The van der Waals surface area contributed by atoms with Crippen molar-refractivity contribution in [1.82, 2.24) is 4.98 Å². The van der Waals surface area contributed by atoms with E-state index in [0.29, 0.717) is 17.0 Å². The minimum Gasteiger partial charge on any atom is -0.461 e. The number of nitrogens with zero attached hydrogens (tertiary/aromatic N) is 3. The molecule has 0 spiro atoms. The maximum absolute atomic E-state index is 12.8. The number of carbonyl (C=O) groups excluding carboxylic acids is 3. The van der Waals surface area contributed by atoms with Crippen LogP contribution in [0.25, 0.3) is 0 Å². The first-order chi connectivity index (χ1) is 13.0. The van der Waals surface area contributed by atoms with E-state index in [4.69, 9.17) is 4.74 Å². The molecule has 1 aromatic carbocycles. The fraction of sp³-hybridized carbons (Fsp3) is 0.250. The van der Waals surface area contributed by atoms with Crippen LogP contribution in [-0.2, 0) is 20.7 Å². The Labute approximate surface area is 156 Å². The van der Waals surface area contributed by atoms with Gasteiger partial charge in [-0.3, -0.25) is 9.59 Å². The average Bonchev–Trinajstić information content (AvgIpc) is 2.97. The van der Waals surface area contributed by atoms with E-state index in [1.807, 2.05) is 6.07 Å². The molecule has 1 aliphatic heterocycles. The summed E-state index contributed by atoms with van der Waals surface area (Å²) >= 11 is 0. The Morgan fingerprint density at radius 3 is 2.63 bits per heavy atom. The van der Waals surface area contributed by atoms with Crippen LogP contribution in [0.4, 0.5) is 5.69 Å². The van der Waals surface area contributed by atoms with Crippen molar-refractivity contribution < 1.29 is 19.1 Å². The van der Waals surface area contributed by atoms with Crippen molar-refractivity contribution in [3.05, 3.63) is 59.9 Å². The van der Waals surface area contributed by atoms with Crippen molar-refractivity contribution in [2.45, 2.75) is 20.3 Å². The summed E-state index contributed by atoms with van der Waals surface area (Å²) in [5, 5.41) is 5.51. The van der Waals surface area contributed by atoms with Crippen molar-refractivity contribution in [2.24, 2.45) is 11.0 Å². The lowest BCUT2D eigenvalue weighted by Gasteiger charge is -2.13. The molecule has 7 heteroatoms. The highest BCUT2D eigenvalue weighted by molar-refractivity contribution is 6.27. The number of para-hydroxylation sites is 1. The van der Waals surface area contributed by atoms with Gasteiger partial charge in [-0.25, -0.2) is 9.78 Å². The van der Waals surface area contributed by atoms with Crippen molar-refractivity contribution >= 4 is 29.1 Å². The summed E-state index contributed by atoms with van der Waals surface area (Å²) < 4.78 is 4.92. The highest BCUT2D eigenvalue weighted by Crippen LogP contribution is 2.25.